The minimum absolute atomic E-state index is 0.0389. The molecule has 0 unspecified atom stereocenters. The van der Waals surface area contributed by atoms with E-state index >= 15 is 0 Å². The Morgan fingerprint density at radius 1 is 1.22 bits per heavy atom. The third kappa shape index (κ3) is 6.19. The van der Waals surface area contributed by atoms with E-state index < -0.39 is 23.6 Å². The lowest BCUT2D eigenvalue weighted by Gasteiger charge is -2.40. The molecule has 0 aliphatic carbocycles. The van der Waals surface area contributed by atoms with Crippen LogP contribution in [0.1, 0.15) is 43.6 Å². The van der Waals surface area contributed by atoms with Crippen molar-refractivity contribution in [2.75, 3.05) is 18.4 Å². The van der Waals surface area contributed by atoms with Gasteiger partial charge in [0.15, 0.2) is 5.69 Å². The lowest BCUT2D eigenvalue weighted by atomic mass is 10.1. The maximum absolute atomic E-state index is 13.5. The number of carbonyl (C=O) groups excluding carboxylic acids is 1. The monoisotopic (exact) mass is 535 g/mol. The number of hydrogen-bond donors (Lipinski definition) is 2. The molecule has 2 aromatic heterocycles. The molecule has 1 aliphatic heterocycles. The minimum atomic E-state index is -4.61. The highest BCUT2D eigenvalue weighted by Crippen LogP contribution is 2.35. The number of likely N-dealkylation sites (tertiary alicyclic amines) is 1. The van der Waals surface area contributed by atoms with Gasteiger partial charge in [0.05, 0.1) is 11.6 Å². The number of rotatable bonds is 6. The Morgan fingerprint density at radius 3 is 2.49 bits per heavy atom. The zero-order chi connectivity index (χ0) is 27.0. The van der Waals surface area contributed by atoms with E-state index in [2.05, 4.69) is 20.3 Å². The number of alkyl halides is 3. The van der Waals surface area contributed by atoms with Gasteiger partial charge in [-0.25, -0.2) is 19.7 Å². The molecular formula is C24H25ClF3N7O2. The SMILES string of the molecule is CC(C)(C)OC(=O)N1CC(n2cc(C(F)(F)F)nc2-c2ccc(CNc3nc(Cl)ncc3C=N)cc2)C1. The Labute approximate surface area is 216 Å². The second-order valence-corrected chi connectivity index (χ2v) is 9.87. The number of anilines is 1. The lowest BCUT2D eigenvalue weighted by Crippen LogP contribution is -2.52. The van der Waals surface area contributed by atoms with Crippen molar-refractivity contribution in [1.29, 1.82) is 5.41 Å². The van der Waals surface area contributed by atoms with Crippen molar-refractivity contribution in [3.63, 3.8) is 0 Å². The molecule has 196 valence electrons. The maximum atomic E-state index is 13.5. The topological polar surface area (TPSA) is 109 Å². The second kappa shape index (κ2) is 10.0. The van der Waals surface area contributed by atoms with E-state index in [1.807, 2.05) is 0 Å². The average Bonchev–Trinajstić information content (AvgIpc) is 3.21. The van der Waals surface area contributed by atoms with Gasteiger partial charge in [-0.3, -0.25) is 0 Å². The second-order valence-electron chi connectivity index (χ2n) is 9.53. The summed E-state index contributed by atoms with van der Waals surface area (Å²) in [6.07, 6.45) is -1.60. The zero-order valence-electron chi connectivity index (χ0n) is 20.3. The molecular weight excluding hydrogens is 511 g/mol. The van der Waals surface area contributed by atoms with Gasteiger partial charge < -0.3 is 24.9 Å². The van der Waals surface area contributed by atoms with Crippen LogP contribution in [0.5, 0.6) is 0 Å². The molecule has 3 aromatic rings. The first-order valence-corrected chi connectivity index (χ1v) is 11.7. The van der Waals surface area contributed by atoms with Gasteiger partial charge >= 0.3 is 12.3 Å². The number of aromatic nitrogens is 4. The Hall–Kier alpha value is -3.67. The van der Waals surface area contributed by atoms with E-state index in [0.29, 0.717) is 23.5 Å². The maximum Gasteiger partial charge on any atom is 0.434 e. The van der Waals surface area contributed by atoms with Gasteiger partial charge in [0, 0.05) is 43.8 Å². The van der Waals surface area contributed by atoms with Crippen LogP contribution in [0.25, 0.3) is 11.4 Å². The van der Waals surface area contributed by atoms with Gasteiger partial charge in [-0.1, -0.05) is 24.3 Å². The first-order chi connectivity index (χ1) is 17.3. The first-order valence-electron chi connectivity index (χ1n) is 11.3. The molecule has 4 rings (SSSR count). The predicted octanol–water partition coefficient (Wildman–Crippen LogP) is 5.41. The molecule has 0 saturated carbocycles. The number of halogens is 4. The van der Waals surface area contributed by atoms with Crippen molar-refractivity contribution in [3.05, 3.63) is 58.8 Å². The van der Waals surface area contributed by atoms with Crippen LogP contribution in [0.2, 0.25) is 5.28 Å². The molecule has 0 atom stereocenters. The summed E-state index contributed by atoms with van der Waals surface area (Å²) in [4.78, 5) is 25.5. The Kier molecular flexibility index (Phi) is 7.13. The van der Waals surface area contributed by atoms with Gasteiger partial charge in [-0.15, -0.1) is 0 Å². The van der Waals surface area contributed by atoms with Crippen LogP contribution in [0.4, 0.5) is 23.8 Å². The number of nitrogens with zero attached hydrogens (tertiary/aromatic N) is 5. The first kappa shape index (κ1) is 26.4. The Morgan fingerprint density at radius 2 is 1.89 bits per heavy atom. The minimum Gasteiger partial charge on any atom is -0.444 e. The van der Waals surface area contributed by atoms with E-state index in [1.165, 1.54) is 15.7 Å². The van der Waals surface area contributed by atoms with Gasteiger partial charge in [-0.05, 0) is 37.9 Å². The van der Waals surface area contributed by atoms with E-state index in [0.717, 1.165) is 18.0 Å². The fraction of sp³-hybridized carbons (Fsp3) is 0.375. The highest BCUT2D eigenvalue weighted by Gasteiger charge is 2.40. The zero-order valence-corrected chi connectivity index (χ0v) is 21.1. The highest BCUT2D eigenvalue weighted by molar-refractivity contribution is 6.28. The number of benzene rings is 1. The van der Waals surface area contributed by atoms with Crippen molar-refractivity contribution in [3.8, 4) is 11.4 Å². The molecule has 1 aliphatic rings. The molecule has 3 heterocycles. The van der Waals surface area contributed by atoms with Crippen molar-refractivity contribution >= 4 is 29.7 Å². The van der Waals surface area contributed by atoms with Crippen molar-refractivity contribution in [1.82, 2.24) is 24.4 Å². The Balaban J connectivity index is 1.51. The van der Waals surface area contributed by atoms with Crippen LogP contribution in [0, 0.1) is 5.41 Å². The standard InChI is InChI=1S/C24H25ClF3N7O2/c1-23(2,3)37-22(36)34-11-17(12-34)35-13-18(24(26,27)28)32-20(35)15-6-4-14(5-7-15)9-30-19-16(8-29)10-31-21(25)33-19/h4-8,10,13,17,29H,9,11-12H2,1-3H3,(H,30,31,33). The predicted molar refractivity (Wildman–Crippen MR) is 132 cm³/mol. The molecule has 1 saturated heterocycles. The molecule has 1 aromatic carbocycles. The number of carbonyl (C=O) groups is 1. The largest absolute Gasteiger partial charge is 0.444 e. The van der Waals surface area contributed by atoms with E-state index in [1.54, 1.807) is 45.0 Å². The molecule has 37 heavy (non-hydrogen) atoms. The summed E-state index contributed by atoms with van der Waals surface area (Å²) in [5, 5.41) is 10.6. The van der Waals surface area contributed by atoms with E-state index in [9.17, 15) is 18.0 Å². The number of imidazole rings is 1. The molecule has 1 amide bonds. The summed E-state index contributed by atoms with van der Waals surface area (Å²) in [6, 6.07) is 6.52. The summed E-state index contributed by atoms with van der Waals surface area (Å²) in [5.41, 5.74) is 0.124. The third-order valence-electron chi connectivity index (χ3n) is 5.55. The van der Waals surface area contributed by atoms with Gasteiger partial charge in [-0.2, -0.15) is 13.2 Å². The molecule has 0 radical (unpaired) electrons. The van der Waals surface area contributed by atoms with Gasteiger partial charge in [0.25, 0.3) is 0 Å². The average molecular weight is 536 g/mol. The number of amides is 1. The molecule has 1 fully saturated rings. The fourth-order valence-electron chi connectivity index (χ4n) is 3.70. The molecule has 9 nitrogen and oxygen atoms in total. The van der Waals surface area contributed by atoms with Crippen LogP contribution >= 0.6 is 11.6 Å². The van der Waals surface area contributed by atoms with Crippen molar-refractivity contribution in [2.24, 2.45) is 0 Å². The lowest BCUT2D eigenvalue weighted by molar-refractivity contribution is -0.141. The molecule has 0 bridgehead atoms. The van der Waals surface area contributed by atoms with Crippen LogP contribution in [0.15, 0.2) is 36.7 Å². The summed E-state index contributed by atoms with van der Waals surface area (Å²) >= 11 is 5.83. The summed E-state index contributed by atoms with van der Waals surface area (Å²) < 4.78 is 47.3. The van der Waals surface area contributed by atoms with Gasteiger partial charge in [0.1, 0.15) is 17.2 Å². The Bertz CT molecular complexity index is 1300. The number of nitrogens with one attached hydrogen (secondary N) is 2. The quantitative estimate of drug-likeness (QED) is 0.322. The van der Waals surface area contributed by atoms with Crippen LogP contribution < -0.4 is 5.32 Å². The number of ether oxygens (including phenoxy) is 1. The van der Waals surface area contributed by atoms with Crippen LogP contribution in [0.3, 0.4) is 0 Å². The summed E-state index contributed by atoms with van der Waals surface area (Å²) in [6.45, 7) is 6.02. The smallest absolute Gasteiger partial charge is 0.434 e. The fourth-order valence-corrected chi connectivity index (χ4v) is 3.84. The third-order valence-corrected chi connectivity index (χ3v) is 5.73. The highest BCUT2D eigenvalue weighted by atomic mass is 35.5. The molecule has 0 spiro atoms. The summed E-state index contributed by atoms with van der Waals surface area (Å²) in [5.74, 6) is 0.554. The van der Waals surface area contributed by atoms with Crippen LogP contribution in [-0.2, 0) is 17.5 Å². The van der Waals surface area contributed by atoms with E-state index in [4.69, 9.17) is 21.7 Å². The van der Waals surface area contributed by atoms with Crippen molar-refractivity contribution < 1.29 is 22.7 Å². The normalized spacial score (nSPS) is 14.3. The molecule has 2 N–H and O–H groups in total. The van der Waals surface area contributed by atoms with Gasteiger partial charge in [0.2, 0.25) is 5.28 Å². The van der Waals surface area contributed by atoms with Crippen LogP contribution in [-0.4, -0.2) is 55.4 Å². The molecule has 13 heteroatoms. The van der Waals surface area contributed by atoms with Crippen molar-refractivity contribution in [2.45, 2.75) is 45.1 Å². The summed E-state index contributed by atoms with van der Waals surface area (Å²) in [7, 11) is 0. The number of hydrogen-bond acceptors (Lipinski definition) is 7. The van der Waals surface area contributed by atoms with E-state index in [-0.39, 0.29) is 30.2 Å².